The monoisotopic (exact) mass is 885 g/mol. The average Bonchev–Trinajstić information content (AvgIpc) is 3.43. The van der Waals surface area contributed by atoms with Crippen LogP contribution in [0.25, 0.3) is 21.9 Å². The molecule has 1 unspecified atom stereocenters. The van der Waals surface area contributed by atoms with Crippen molar-refractivity contribution >= 4 is 62.0 Å². The van der Waals surface area contributed by atoms with Gasteiger partial charge in [-0.2, -0.15) is 0 Å². The molecule has 0 bridgehead atoms. The van der Waals surface area contributed by atoms with Gasteiger partial charge in [0.15, 0.2) is 5.60 Å². The molecule has 12 rings (SSSR count). The highest BCUT2D eigenvalue weighted by Crippen LogP contribution is 2.54. The molecule has 11 aromatic carbocycles. The van der Waals surface area contributed by atoms with Gasteiger partial charge in [-0.1, -0.05) is 176 Å². The normalized spacial score (nSPS) is 13.7. The van der Waals surface area contributed by atoms with Crippen LogP contribution in [0.15, 0.2) is 285 Å². The van der Waals surface area contributed by atoms with Crippen molar-refractivity contribution in [2.75, 3.05) is 14.7 Å². The van der Waals surface area contributed by atoms with E-state index in [9.17, 15) is 0 Å². The minimum atomic E-state index is -1.05. The third kappa shape index (κ3) is 7.55. The van der Waals surface area contributed by atoms with E-state index in [1.54, 1.807) is 0 Å². The molecule has 328 valence electrons. The van der Waals surface area contributed by atoms with Crippen LogP contribution >= 0.6 is 0 Å². The van der Waals surface area contributed by atoms with Crippen molar-refractivity contribution in [2.45, 2.75) is 5.60 Å². The largest absolute Gasteiger partial charge is 0.472 e. The van der Waals surface area contributed by atoms with Gasteiger partial charge in [-0.05, 0) is 114 Å². The van der Waals surface area contributed by atoms with Crippen LogP contribution in [0.3, 0.4) is 0 Å². The van der Waals surface area contributed by atoms with E-state index in [1.807, 2.05) is 0 Å². The maximum Gasteiger partial charge on any atom is 0.185 e. The van der Waals surface area contributed by atoms with E-state index in [0.29, 0.717) is 0 Å². The van der Waals surface area contributed by atoms with Crippen LogP contribution < -0.4 is 19.4 Å². The highest BCUT2D eigenvalue weighted by molar-refractivity contribution is 5.99. The average molecular weight is 886 g/mol. The molecule has 0 amide bonds. The molecule has 1 aliphatic heterocycles. The molecule has 4 heteroatoms. The highest BCUT2D eigenvalue weighted by atomic mass is 16.5. The van der Waals surface area contributed by atoms with Crippen molar-refractivity contribution in [3.8, 4) is 16.9 Å². The van der Waals surface area contributed by atoms with Crippen LogP contribution in [0.5, 0.6) is 5.75 Å². The van der Waals surface area contributed by atoms with Gasteiger partial charge in [0.2, 0.25) is 0 Å². The molecule has 1 aliphatic rings. The van der Waals surface area contributed by atoms with Crippen molar-refractivity contribution < 1.29 is 4.74 Å². The summed E-state index contributed by atoms with van der Waals surface area (Å²) in [5.74, 6) is 0.799. The number of hydrogen-bond donors (Lipinski definition) is 0. The second-order valence-electron chi connectivity index (χ2n) is 17.3. The number of rotatable bonds is 11. The second kappa shape index (κ2) is 17.9. The van der Waals surface area contributed by atoms with Crippen LogP contribution in [-0.2, 0) is 5.60 Å². The Hall–Kier alpha value is -9.12. The van der Waals surface area contributed by atoms with Gasteiger partial charge in [0, 0.05) is 79.2 Å². The van der Waals surface area contributed by atoms with E-state index < -0.39 is 5.60 Å². The molecule has 0 saturated carbocycles. The van der Waals surface area contributed by atoms with Gasteiger partial charge in [-0.3, -0.25) is 0 Å². The number of fused-ring (bicyclic) bond motifs is 4. The maximum absolute atomic E-state index is 7.82. The Labute approximate surface area is 403 Å². The van der Waals surface area contributed by atoms with Crippen LogP contribution in [0.4, 0.5) is 51.2 Å². The predicted octanol–water partition coefficient (Wildman–Crippen LogP) is 17.6. The molecule has 0 saturated heterocycles. The molecule has 0 fully saturated rings. The summed E-state index contributed by atoms with van der Waals surface area (Å²) >= 11 is 0. The fourth-order valence-corrected chi connectivity index (χ4v) is 10.1. The zero-order chi connectivity index (χ0) is 46.0. The van der Waals surface area contributed by atoms with E-state index >= 15 is 0 Å². The summed E-state index contributed by atoms with van der Waals surface area (Å²) < 4.78 is 7.82. The molecule has 0 aliphatic carbocycles. The van der Waals surface area contributed by atoms with E-state index in [2.05, 4.69) is 300 Å². The lowest BCUT2D eigenvalue weighted by Gasteiger charge is -2.42. The minimum absolute atomic E-state index is 0.799. The van der Waals surface area contributed by atoms with Gasteiger partial charge in [-0.15, -0.1) is 0 Å². The summed E-state index contributed by atoms with van der Waals surface area (Å²) in [5, 5.41) is 2.37. The first kappa shape index (κ1) is 41.3. The Morgan fingerprint density at radius 1 is 0.275 bits per heavy atom. The Morgan fingerprint density at radius 3 is 1.20 bits per heavy atom. The number of hydrogen-bond acceptors (Lipinski definition) is 4. The Balaban J connectivity index is 1.05. The Bertz CT molecular complexity index is 3430. The van der Waals surface area contributed by atoms with Crippen molar-refractivity contribution in [3.05, 3.63) is 302 Å². The van der Waals surface area contributed by atoms with E-state index in [0.717, 1.165) is 84.8 Å². The fraction of sp³-hybridized carbons (Fsp3) is 0.0154. The summed E-state index contributed by atoms with van der Waals surface area (Å²) in [6, 6.07) is 101. The smallest absolute Gasteiger partial charge is 0.185 e. The molecular formula is C65H47N3O. The number of nitrogens with zero attached hydrogens (tertiary/aromatic N) is 3. The minimum Gasteiger partial charge on any atom is -0.472 e. The van der Waals surface area contributed by atoms with E-state index in [1.165, 1.54) is 10.8 Å². The Kier molecular flexibility index (Phi) is 10.7. The SMILES string of the molecule is c1ccc(N(c2ccccc2)c2ccc(C3(c4ccc(N(c5ccccc5)c5cccc6ccccc56)cc4)Oc4cc(N(c5ccccc5)c5ccccc5)ccc4-c4ccccc43)cc2)cc1. The summed E-state index contributed by atoms with van der Waals surface area (Å²) in [5.41, 5.74) is 13.8. The standard InChI is InChI=1S/C65H47N3O/c1-6-23-51(24-7-1)66(52-25-8-2-9-26-52)56-41-37-49(38-42-56)65(50-39-43-57(44-40-50)68(55-31-14-5-15-32-55)63-36-20-22-48-21-16-17-33-59(48)63)62-35-19-18-34-60(62)61-46-45-58(47-64(61)69-65)67(53-27-10-3-11-28-53)54-29-12-4-13-30-54/h1-47H. The highest BCUT2D eigenvalue weighted by Gasteiger charge is 2.45. The molecule has 0 spiro atoms. The molecule has 69 heavy (non-hydrogen) atoms. The van der Waals surface area contributed by atoms with Crippen molar-refractivity contribution in [1.29, 1.82) is 0 Å². The summed E-state index contributed by atoms with van der Waals surface area (Å²) in [6.07, 6.45) is 0. The molecule has 0 N–H and O–H groups in total. The first-order valence-electron chi connectivity index (χ1n) is 23.5. The first-order chi connectivity index (χ1) is 34.2. The molecule has 0 radical (unpaired) electrons. The second-order valence-corrected chi connectivity index (χ2v) is 17.3. The van der Waals surface area contributed by atoms with Crippen LogP contribution in [0, 0.1) is 0 Å². The van der Waals surface area contributed by atoms with E-state index in [-0.39, 0.29) is 0 Å². The maximum atomic E-state index is 7.82. The summed E-state index contributed by atoms with van der Waals surface area (Å²) in [7, 11) is 0. The van der Waals surface area contributed by atoms with Gasteiger partial charge in [0.05, 0.1) is 5.69 Å². The quantitative estimate of drug-likeness (QED) is 0.129. The van der Waals surface area contributed by atoms with Gasteiger partial charge in [0.25, 0.3) is 0 Å². The first-order valence-corrected chi connectivity index (χ1v) is 23.5. The molecular weight excluding hydrogens is 839 g/mol. The van der Waals surface area contributed by atoms with Crippen molar-refractivity contribution in [2.24, 2.45) is 0 Å². The number of ether oxygens (including phenoxy) is 1. The number of anilines is 9. The lowest BCUT2D eigenvalue weighted by molar-refractivity contribution is 0.152. The van der Waals surface area contributed by atoms with E-state index in [4.69, 9.17) is 4.74 Å². The Morgan fingerprint density at radius 2 is 0.667 bits per heavy atom. The van der Waals surface area contributed by atoms with Crippen molar-refractivity contribution in [3.63, 3.8) is 0 Å². The van der Waals surface area contributed by atoms with Gasteiger partial charge >= 0.3 is 0 Å². The zero-order valence-electron chi connectivity index (χ0n) is 37.9. The number of para-hydroxylation sites is 5. The topological polar surface area (TPSA) is 19.0 Å². The van der Waals surface area contributed by atoms with Crippen LogP contribution in [0.1, 0.15) is 16.7 Å². The molecule has 4 nitrogen and oxygen atoms in total. The predicted molar refractivity (Wildman–Crippen MR) is 287 cm³/mol. The molecule has 11 aromatic rings. The van der Waals surface area contributed by atoms with Crippen LogP contribution in [0.2, 0.25) is 0 Å². The fourth-order valence-electron chi connectivity index (χ4n) is 10.1. The van der Waals surface area contributed by atoms with Crippen molar-refractivity contribution in [1.82, 2.24) is 0 Å². The zero-order valence-corrected chi connectivity index (χ0v) is 37.9. The van der Waals surface area contributed by atoms with Gasteiger partial charge in [0.1, 0.15) is 5.75 Å². The molecule has 1 atom stereocenters. The third-order valence-electron chi connectivity index (χ3n) is 13.2. The van der Waals surface area contributed by atoms with Gasteiger partial charge < -0.3 is 19.4 Å². The summed E-state index contributed by atoms with van der Waals surface area (Å²) in [6.45, 7) is 0. The molecule has 1 heterocycles. The van der Waals surface area contributed by atoms with Crippen LogP contribution in [-0.4, -0.2) is 0 Å². The van der Waals surface area contributed by atoms with Gasteiger partial charge in [-0.25, -0.2) is 0 Å². The lowest BCUT2D eigenvalue weighted by atomic mass is 9.75. The third-order valence-corrected chi connectivity index (χ3v) is 13.2. The molecule has 0 aromatic heterocycles. The summed E-state index contributed by atoms with van der Waals surface area (Å²) in [4.78, 5) is 6.95. The number of benzene rings is 11. The lowest BCUT2D eigenvalue weighted by Crippen LogP contribution is -2.38.